The normalized spacial score (nSPS) is 22.5. The van der Waals surface area contributed by atoms with Crippen LogP contribution < -0.4 is 16.0 Å². The van der Waals surface area contributed by atoms with E-state index in [2.05, 4.69) is 28.2 Å². The van der Waals surface area contributed by atoms with Crippen LogP contribution in [0.1, 0.15) is 72.8 Å². The molecular formula is C30H32N8O3S. The second-order valence-corrected chi connectivity index (χ2v) is 12.7. The molecule has 5 heterocycles. The molecule has 2 aliphatic carbocycles. The fourth-order valence-corrected chi connectivity index (χ4v) is 8.42. The Morgan fingerprint density at radius 1 is 1.26 bits per heavy atom. The Kier molecular flexibility index (Phi) is 6.59. The van der Waals surface area contributed by atoms with Crippen LogP contribution >= 0.6 is 11.3 Å². The zero-order chi connectivity index (χ0) is 29.0. The SMILES string of the molecule is C[C@H](Oc1cc(-n2ccncc2=O)nc(-c2noc3c2CCC[C@@]32CCCc3sc(N)c(C#N)c32)n1)[C@@H]1CCCN1C. The van der Waals surface area contributed by atoms with E-state index in [-0.39, 0.29) is 17.7 Å². The minimum atomic E-state index is -0.452. The van der Waals surface area contributed by atoms with Gasteiger partial charge in [-0.15, -0.1) is 11.3 Å². The molecule has 0 amide bonds. The van der Waals surface area contributed by atoms with Crippen molar-refractivity contribution in [2.24, 2.45) is 0 Å². The van der Waals surface area contributed by atoms with Crippen LogP contribution in [0.5, 0.6) is 5.88 Å². The van der Waals surface area contributed by atoms with Crippen LogP contribution in [0, 0.1) is 11.3 Å². The zero-order valence-corrected chi connectivity index (χ0v) is 24.5. The molecule has 0 radical (unpaired) electrons. The van der Waals surface area contributed by atoms with Crippen molar-refractivity contribution < 1.29 is 9.26 Å². The molecule has 1 aliphatic heterocycles. The van der Waals surface area contributed by atoms with Crippen LogP contribution in [0.2, 0.25) is 0 Å². The van der Waals surface area contributed by atoms with Crippen molar-refractivity contribution in [1.29, 1.82) is 5.26 Å². The summed E-state index contributed by atoms with van der Waals surface area (Å²) in [4.78, 5) is 29.8. The lowest BCUT2D eigenvalue weighted by Crippen LogP contribution is -2.38. The third-order valence-corrected chi connectivity index (χ3v) is 10.2. The van der Waals surface area contributed by atoms with Crippen molar-refractivity contribution in [3.05, 3.63) is 62.3 Å². The maximum Gasteiger partial charge on any atom is 0.274 e. The highest BCUT2D eigenvalue weighted by molar-refractivity contribution is 7.16. The highest BCUT2D eigenvalue weighted by Gasteiger charge is 2.48. The molecule has 216 valence electrons. The number of ether oxygens (including phenoxy) is 1. The van der Waals surface area contributed by atoms with E-state index in [1.165, 1.54) is 22.1 Å². The molecule has 11 nitrogen and oxygen atoms in total. The van der Waals surface area contributed by atoms with E-state index in [0.29, 0.717) is 33.8 Å². The van der Waals surface area contributed by atoms with Crippen molar-refractivity contribution in [2.75, 3.05) is 19.3 Å². The maximum absolute atomic E-state index is 12.7. The molecule has 12 heteroatoms. The van der Waals surface area contributed by atoms with Crippen molar-refractivity contribution in [3.63, 3.8) is 0 Å². The summed E-state index contributed by atoms with van der Waals surface area (Å²) in [6.45, 7) is 3.08. The smallest absolute Gasteiger partial charge is 0.274 e. The van der Waals surface area contributed by atoms with Gasteiger partial charge >= 0.3 is 0 Å². The summed E-state index contributed by atoms with van der Waals surface area (Å²) in [5, 5.41) is 15.1. The number of aryl methyl sites for hydroxylation is 1. The van der Waals surface area contributed by atoms with Crippen molar-refractivity contribution >= 4 is 16.3 Å². The van der Waals surface area contributed by atoms with Gasteiger partial charge in [0.25, 0.3) is 5.56 Å². The second-order valence-electron chi connectivity index (χ2n) is 11.6. The number of nitrogen functional groups attached to an aromatic ring is 1. The summed E-state index contributed by atoms with van der Waals surface area (Å²) in [5.74, 6) is 1.85. The van der Waals surface area contributed by atoms with Gasteiger partial charge in [-0.25, -0.2) is 4.98 Å². The Morgan fingerprint density at radius 2 is 2.10 bits per heavy atom. The molecular weight excluding hydrogens is 552 g/mol. The summed E-state index contributed by atoms with van der Waals surface area (Å²) in [6.07, 6.45) is 11.7. The van der Waals surface area contributed by atoms with Gasteiger partial charge in [-0.05, 0) is 77.4 Å². The molecule has 0 aromatic carbocycles. The molecule has 3 aliphatic rings. The molecule has 4 aromatic rings. The first-order valence-electron chi connectivity index (χ1n) is 14.5. The Hall–Kier alpha value is -4.08. The van der Waals surface area contributed by atoms with Gasteiger partial charge in [-0.3, -0.25) is 19.2 Å². The molecule has 4 aromatic heterocycles. The third kappa shape index (κ3) is 4.22. The van der Waals surface area contributed by atoms with Gasteiger partial charge in [-0.1, -0.05) is 5.16 Å². The van der Waals surface area contributed by atoms with Crippen molar-refractivity contribution in [1.82, 2.24) is 29.6 Å². The van der Waals surface area contributed by atoms with E-state index in [1.54, 1.807) is 18.5 Å². The highest BCUT2D eigenvalue weighted by atomic mass is 32.1. The molecule has 1 spiro atoms. The minimum absolute atomic E-state index is 0.120. The van der Waals surface area contributed by atoms with E-state index in [0.717, 1.165) is 79.7 Å². The molecule has 3 atom stereocenters. The Labute approximate surface area is 247 Å². The monoisotopic (exact) mass is 584 g/mol. The Balaban J connectivity index is 1.35. The Bertz CT molecular complexity index is 1770. The van der Waals surface area contributed by atoms with Crippen LogP contribution in [0.4, 0.5) is 5.00 Å². The van der Waals surface area contributed by atoms with Gasteiger partial charge < -0.3 is 15.0 Å². The molecule has 0 unspecified atom stereocenters. The zero-order valence-electron chi connectivity index (χ0n) is 23.7. The quantitative estimate of drug-likeness (QED) is 0.365. The third-order valence-electron chi connectivity index (χ3n) is 9.16. The fraction of sp³-hybridized carbons (Fsp3) is 0.467. The van der Waals surface area contributed by atoms with Gasteiger partial charge in [0.05, 0.1) is 17.2 Å². The lowest BCUT2D eigenvalue weighted by molar-refractivity contribution is 0.117. The van der Waals surface area contributed by atoms with Gasteiger partial charge in [0.15, 0.2) is 17.3 Å². The number of fused-ring (bicyclic) bond motifs is 4. The number of likely N-dealkylation sites (N-methyl/N-ethyl adjacent to an activating group) is 1. The summed E-state index contributed by atoms with van der Waals surface area (Å²) in [7, 11) is 2.11. The number of nitriles is 1. The van der Waals surface area contributed by atoms with E-state index in [9.17, 15) is 10.1 Å². The van der Waals surface area contributed by atoms with E-state index in [4.69, 9.17) is 25.0 Å². The lowest BCUT2D eigenvalue weighted by Gasteiger charge is -2.39. The first-order chi connectivity index (χ1) is 20.4. The predicted molar refractivity (Wildman–Crippen MR) is 157 cm³/mol. The fourth-order valence-electron chi connectivity index (χ4n) is 7.25. The summed E-state index contributed by atoms with van der Waals surface area (Å²) < 4.78 is 14.0. The van der Waals surface area contributed by atoms with Crippen molar-refractivity contribution in [3.8, 4) is 29.3 Å². The van der Waals surface area contributed by atoms with Crippen LogP contribution in [0.15, 0.2) is 34.0 Å². The average Bonchev–Trinajstić information content (AvgIpc) is 3.70. The van der Waals surface area contributed by atoms with Crippen LogP contribution in [0.3, 0.4) is 0 Å². The van der Waals surface area contributed by atoms with Crippen LogP contribution in [-0.2, 0) is 18.3 Å². The first-order valence-corrected chi connectivity index (χ1v) is 15.3. The van der Waals surface area contributed by atoms with E-state index >= 15 is 0 Å². The molecule has 2 N–H and O–H groups in total. The molecule has 0 bridgehead atoms. The van der Waals surface area contributed by atoms with Gasteiger partial charge in [-0.2, -0.15) is 10.2 Å². The molecule has 1 fully saturated rings. The average molecular weight is 585 g/mol. The number of aromatic nitrogens is 5. The first kappa shape index (κ1) is 26.8. The largest absolute Gasteiger partial charge is 0.473 e. The number of likely N-dealkylation sites (tertiary alicyclic amines) is 1. The number of hydrogen-bond acceptors (Lipinski definition) is 11. The highest BCUT2D eigenvalue weighted by Crippen LogP contribution is 2.55. The molecule has 42 heavy (non-hydrogen) atoms. The number of hydrogen-bond donors (Lipinski definition) is 1. The number of nitrogens with zero attached hydrogens (tertiary/aromatic N) is 7. The second kappa shape index (κ2) is 10.3. The van der Waals surface area contributed by atoms with Gasteiger partial charge in [0.2, 0.25) is 5.88 Å². The topological polar surface area (TPSA) is 149 Å². The molecule has 1 saturated heterocycles. The van der Waals surface area contributed by atoms with Crippen LogP contribution in [-0.4, -0.2) is 55.3 Å². The van der Waals surface area contributed by atoms with Crippen LogP contribution in [0.25, 0.3) is 17.3 Å². The van der Waals surface area contributed by atoms with E-state index in [1.807, 2.05) is 6.92 Å². The number of rotatable bonds is 5. The van der Waals surface area contributed by atoms with Crippen molar-refractivity contribution in [2.45, 2.75) is 75.9 Å². The van der Waals surface area contributed by atoms with Gasteiger partial charge in [0.1, 0.15) is 23.0 Å². The molecule has 7 rings (SSSR count). The number of nitrogens with two attached hydrogens (primary N) is 1. The summed E-state index contributed by atoms with van der Waals surface area (Å²) >= 11 is 1.52. The standard InChI is InChI=1S/C30H32N8O3S/c1-17(20-7-5-12-37(20)2)40-23-14-22(38-13-11-33-16-24(38)39)34-29(35-23)26-18-6-3-9-30(27(18)41-36-26)10-4-8-21-25(30)19(15-31)28(32)42-21/h11,13-14,16-17,20H,3-10,12,32H2,1-2H3/t17-,20-,30-/m0/s1. The Morgan fingerprint density at radius 3 is 2.86 bits per heavy atom. The predicted octanol–water partition coefficient (Wildman–Crippen LogP) is 4.01. The molecule has 0 saturated carbocycles. The number of thiophene rings is 1. The summed E-state index contributed by atoms with van der Waals surface area (Å²) in [5.41, 5.74) is 8.61. The maximum atomic E-state index is 12.7. The van der Waals surface area contributed by atoms with E-state index < -0.39 is 5.41 Å². The lowest BCUT2D eigenvalue weighted by atomic mass is 9.63. The summed E-state index contributed by atoms with van der Waals surface area (Å²) in [6, 6.07) is 4.32. The van der Waals surface area contributed by atoms with Gasteiger partial charge in [0, 0.05) is 34.9 Å². The minimum Gasteiger partial charge on any atom is -0.473 e. The number of anilines is 1.